The molecule has 0 radical (unpaired) electrons. The highest BCUT2D eigenvalue weighted by Gasteiger charge is 2.44. The molecule has 162 valence electrons. The molecular formula is C26H18N2O4S. The zero-order valence-electron chi connectivity index (χ0n) is 17.6. The van der Waals surface area contributed by atoms with Gasteiger partial charge in [-0.05, 0) is 42.8 Å². The van der Waals surface area contributed by atoms with Gasteiger partial charge in [0, 0.05) is 0 Å². The molecule has 0 saturated carbocycles. The van der Waals surface area contributed by atoms with Crippen LogP contribution in [0.2, 0.25) is 0 Å². The highest BCUT2D eigenvalue weighted by atomic mass is 32.1. The van der Waals surface area contributed by atoms with Crippen LogP contribution in [0.1, 0.15) is 34.6 Å². The molecule has 1 atom stereocenters. The van der Waals surface area contributed by atoms with E-state index in [0.29, 0.717) is 28.3 Å². The van der Waals surface area contributed by atoms with Crippen molar-refractivity contribution in [2.45, 2.75) is 13.0 Å². The lowest BCUT2D eigenvalue weighted by molar-refractivity contribution is 0.0971. The number of nitrogens with zero attached hydrogens (tertiary/aromatic N) is 2. The average Bonchev–Trinajstić information content (AvgIpc) is 3.38. The van der Waals surface area contributed by atoms with Gasteiger partial charge in [-0.1, -0.05) is 53.8 Å². The Bertz CT molecular complexity index is 1590. The number of carbonyl (C=O) groups is 1. The van der Waals surface area contributed by atoms with Gasteiger partial charge in [0.15, 0.2) is 10.6 Å². The van der Waals surface area contributed by atoms with Crippen LogP contribution in [0, 0.1) is 0 Å². The van der Waals surface area contributed by atoms with Crippen molar-refractivity contribution in [1.82, 2.24) is 4.98 Å². The Kier molecular flexibility index (Phi) is 4.52. The molecule has 1 aliphatic rings. The topological polar surface area (TPSA) is 72.6 Å². The first kappa shape index (κ1) is 19.7. The third-order valence-electron chi connectivity index (χ3n) is 5.76. The Balaban J connectivity index is 1.58. The van der Waals surface area contributed by atoms with Gasteiger partial charge in [0.1, 0.15) is 11.3 Å². The molecular weight excluding hydrogens is 436 g/mol. The largest absolute Gasteiger partial charge is 0.494 e. The van der Waals surface area contributed by atoms with Crippen molar-refractivity contribution in [3.8, 4) is 5.75 Å². The van der Waals surface area contributed by atoms with Crippen molar-refractivity contribution >= 4 is 43.6 Å². The second-order valence-electron chi connectivity index (χ2n) is 7.72. The SMILES string of the molecule is CCOc1ccc2nc(N3C(=O)c4oc5ccccc5c(=O)c4[C@H]3c3ccccc3)sc2c1. The van der Waals surface area contributed by atoms with E-state index in [1.54, 1.807) is 29.2 Å². The van der Waals surface area contributed by atoms with E-state index in [-0.39, 0.29) is 17.1 Å². The second-order valence-corrected chi connectivity index (χ2v) is 8.73. The monoisotopic (exact) mass is 454 g/mol. The number of fused-ring (bicyclic) bond motifs is 3. The van der Waals surface area contributed by atoms with Crippen molar-refractivity contribution in [3.05, 3.63) is 99.9 Å². The summed E-state index contributed by atoms with van der Waals surface area (Å²) in [7, 11) is 0. The lowest BCUT2D eigenvalue weighted by atomic mass is 9.99. The molecule has 0 unspecified atom stereocenters. The summed E-state index contributed by atoms with van der Waals surface area (Å²) < 4.78 is 12.5. The second kappa shape index (κ2) is 7.56. The van der Waals surface area contributed by atoms with Crippen molar-refractivity contribution < 1.29 is 13.9 Å². The van der Waals surface area contributed by atoms with Crippen LogP contribution < -0.4 is 15.1 Å². The van der Waals surface area contributed by atoms with E-state index in [1.807, 2.05) is 55.5 Å². The maximum Gasteiger partial charge on any atom is 0.297 e. The molecule has 0 saturated heterocycles. The van der Waals surface area contributed by atoms with E-state index >= 15 is 0 Å². The maximum absolute atomic E-state index is 13.7. The first-order valence-electron chi connectivity index (χ1n) is 10.6. The van der Waals surface area contributed by atoms with Crippen molar-refractivity contribution in [1.29, 1.82) is 0 Å². The minimum atomic E-state index is -0.624. The van der Waals surface area contributed by atoms with Crippen molar-refractivity contribution in [2.24, 2.45) is 0 Å². The zero-order chi connectivity index (χ0) is 22.5. The number of amides is 1. The van der Waals surface area contributed by atoms with Crippen molar-refractivity contribution in [2.75, 3.05) is 11.5 Å². The summed E-state index contributed by atoms with van der Waals surface area (Å²) in [5.41, 5.74) is 2.13. The molecule has 33 heavy (non-hydrogen) atoms. The van der Waals surface area contributed by atoms with Crippen LogP contribution in [0.4, 0.5) is 5.13 Å². The summed E-state index contributed by atoms with van der Waals surface area (Å²) in [6.07, 6.45) is 0. The van der Waals surface area contributed by atoms with Gasteiger partial charge >= 0.3 is 0 Å². The van der Waals surface area contributed by atoms with Crippen LogP contribution in [0.15, 0.2) is 82.0 Å². The molecule has 0 bridgehead atoms. The van der Waals surface area contributed by atoms with E-state index in [1.165, 1.54) is 11.3 Å². The van der Waals surface area contributed by atoms with Crippen molar-refractivity contribution in [3.63, 3.8) is 0 Å². The van der Waals surface area contributed by atoms with E-state index in [4.69, 9.17) is 14.1 Å². The smallest absolute Gasteiger partial charge is 0.297 e. The molecule has 0 fully saturated rings. The van der Waals surface area contributed by atoms with E-state index in [2.05, 4.69) is 0 Å². The Morgan fingerprint density at radius 1 is 1.03 bits per heavy atom. The molecule has 2 aromatic heterocycles. The maximum atomic E-state index is 13.7. The van der Waals surface area contributed by atoms with Crippen LogP contribution in [-0.2, 0) is 0 Å². The number of para-hydroxylation sites is 1. The molecule has 0 aliphatic carbocycles. The molecule has 1 amide bonds. The molecule has 0 N–H and O–H groups in total. The quantitative estimate of drug-likeness (QED) is 0.356. The lowest BCUT2D eigenvalue weighted by Gasteiger charge is -2.22. The number of hydrogen-bond acceptors (Lipinski definition) is 6. The Labute approximate surface area is 192 Å². The van der Waals surface area contributed by atoms with Crippen LogP contribution in [0.5, 0.6) is 5.75 Å². The fraction of sp³-hybridized carbons (Fsp3) is 0.115. The fourth-order valence-corrected chi connectivity index (χ4v) is 5.34. The molecule has 6 rings (SSSR count). The van der Waals surface area contributed by atoms with Crippen LogP contribution in [0.3, 0.4) is 0 Å². The minimum Gasteiger partial charge on any atom is -0.494 e. The molecule has 0 spiro atoms. The first-order valence-corrected chi connectivity index (χ1v) is 11.4. The summed E-state index contributed by atoms with van der Waals surface area (Å²) in [6.45, 7) is 2.50. The fourth-order valence-electron chi connectivity index (χ4n) is 4.32. The molecule has 3 heterocycles. The third-order valence-corrected chi connectivity index (χ3v) is 6.78. The number of aromatic nitrogens is 1. The minimum absolute atomic E-state index is 0.0711. The zero-order valence-corrected chi connectivity index (χ0v) is 18.5. The van der Waals surface area contributed by atoms with E-state index in [0.717, 1.165) is 21.5 Å². The van der Waals surface area contributed by atoms with Crippen LogP contribution in [0.25, 0.3) is 21.2 Å². The summed E-state index contributed by atoms with van der Waals surface area (Å²) >= 11 is 1.39. The van der Waals surface area contributed by atoms with Gasteiger partial charge < -0.3 is 9.15 Å². The predicted octanol–water partition coefficient (Wildman–Crippen LogP) is 5.55. The van der Waals surface area contributed by atoms with E-state index < -0.39 is 6.04 Å². The number of thiazole rings is 1. The highest BCUT2D eigenvalue weighted by Crippen LogP contribution is 2.43. The number of carbonyl (C=O) groups excluding carboxylic acids is 1. The Morgan fingerprint density at radius 3 is 2.64 bits per heavy atom. The Hall–Kier alpha value is -3.97. The first-order chi connectivity index (χ1) is 16.2. The summed E-state index contributed by atoms with van der Waals surface area (Å²) in [5.74, 6) is 0.451. The predicted molar refractivity (Wildman–Crippen MR) is 128 cm³/mol. The standard InChI is InChI=1S/C26H18N2O4S/c1-2-31-16-12-13-18-20(14-16)33-26(27-18)28-22(15-8-4-3-5-9-15)21-23(29)17-10-6-7-11-19(17)32-24(21)25(28)30/h3-14,22H,2H2,1H3/t22-/m1/s1. The molecule has 5 aromatic rings. The number of anilines is 1. The molecule has 3 aromatic carbocycles. The number of rotatable bonds is 4. The van der Waals surface area contributed by atoms with Crippen LogP contribution in [-0.4, -0.2) is 17.5 Å². The summed E-state index contributed by atoms with van der Waals surface area (Å²) in [5, 5.41) is 0.963. The summed E-state index contributed by atoms with van der Waals surface area (Å²) in [4.78, 5) is 33.5. The molecule has 6 nitrogen and oxygen atoms in total. The highest BCUT2D eigenvalue weighted by molar-refractivity contribution is 7.22. The van der Waals surface area contributed by atoms with Crippen LogP contribution >= 0.6 is 11.3 Å². The molecule has 7 heteroatoms. The van der Waals surface area contributed by atoms with Gasteiger partial charge in [-0.2, -0.15) is 0 Å². The third kappa shape index (κ3) is 3.04. The Morgan fingerprint density at radius 2 is 1.82 bits per heavy atom. The van der Waals surface area contributed by atoms with Gasteiger partial charge in [-0.3, -0.25) is 14.5 Å². The van der Waals surface area contributed by atoms with Gasteiger partial charge in [-0.25, -0.2) is 4.98 Å². The van der Waals surface area contributed by atoms with E-state index in [9.17, 15) is 9.59 Å². The van der Waals surface area contributed by atoms with Gasteiger partial charge in [-0.15, -0.1) is 0 Å². The lowest BCUT2D eigenvalue weighted by Crippen LogP contribution is -2.29. The molecule has 1 aliphatic heterocycles. The van der Waals surface area contributed by atoms with Gasteiger partial charge in [0.05, 0.1) is 33.8 Å². The number of benzene rings is 3. The number of hydrogen-bond donors (Lipinski definition) is 0. The summed E-state index contributed by atoms with van der Waals surface area (Å²) in [6, 6.07) is 21.6. The number of ether oxygens (including phenoxy) is 1. The van der Waals surface area contributed by atoms with Gasteiger partial charge in [0.25, 0.3) is 5.91 Å². The normalized spacial score (nSPS) is 15.4. The van der Waals surface area contributed by atoms with Gasteiger partial charge in [0.2, 0.25) is 5.76 Å². The average molecular weight is 455 g/mol.